The van der Waals surface area contributed by atoms with E-state index in [1.807, 2.05) is 37.3 Å². The highest BCUT2D eigenvalue weighted by atomic mass is 32.2. The van der Waals surface area contributed by atoms with Crippen LogP contribution in [0.1, 0.15) is 11.1 Å². The number of aryl methyl sites for hydroxylation is 1. The van der Waals surface area contributed by atoms with Gasteiger partial charge in [-0.05, 0) is 66.7 Å². The van der Waals surface area contributed by atoms with E-state index in [1.165, 1.54) is 37.1 Å². The number of amidine groups is 1. The molecule has 168 valence electrons. The van der Waals surface area contributed by atoms with Gasteiger partial charge in [-0.1, -0.05) is 42.0 Å². The van der Waals surface area contributed by atoms with Gasteiger partial charge in [-0.15, -0.1) is 0 Å². The number of hydrogen-bond acceptors (Lipinski definition) is 7. The summed E-state index contributed by atoms with van der Waals surface area (Å²) < 4.78 is 35.9. The van der Waals surface area contributed by atoms with Crippen molar-refractivity contribution in [3.05, 3.63) is 88.8 Å². The van der Waals surface area contributed by atoms with Crippen LogP contribution in [0.5, 0.6) is 11.5 Å². The van der Waals surface area contributed by atoms with Crippen molar-refractivity contribution in [3.8, 4) is 11.5 Å². The molecule has 0 bridgehead atoms. The van der Waals surface area contributed by atoms with Gasteiger partial charge >= 0.3 is 10.1 Å². The summed E-state index contributed by atoms with van der Waals surface area (Å²) >= 11 is 1.22. The van der Waals surface area contributed by atoms with Gasteiger partial charge in [-0.25, -0.2) is 4.99 Å². The molecule has 0 saturated carbocycles. The van der Waals surface area contributed by atoms with Gasteiger partial charge in [0.25, 0.3) is 5.91 Å². The highest BCUT2D eigenvalue weighted by Crippen LogP contribution is 2.33. The van der Waals surface area contributed by atoms with E-state index in [2.05, 4.69) is 10.3 Å². The predicted molar refractivity (Wildman–Crippen MR) is 129 cm³/mol. The maximum absolute atomic E-state index is 12.6. The van der Waals surface area contributed by atoms with Crippen molar-refractivity contribution >= 4 is 44.7 Å². The lowest BCUT2D eigenvalue weighted by atomic mass is 10.2. The molecule has 1 N–H and O–H groups in total. The zero-order valence-electron chi connectivity index (χ0n) is 17.8. The fraction of sp³-hybridized carbons (Fsp3) is 0.0833. The number of benzene rings is 3. The van der Waals surface area contributed by atoms with E-state index in [1.54, 1.807) is 30.3 Å². The first-order chi connectivity index (χ1) is 15.8. The summed E-state index contributed by atoms with van der Waals surface area (Å²) in [5.74, 6) is 0.00706. The lowest BCUT2D eigenvalue weighted by Gasteiger charge is -2.11. The predicted octanol–water partition coefficient (Wildman–Crippen LogP) is 4.66. The minimum absolute atomic E-state index is 0.0469. The number of carbonyl (C=O) groups excluding carboxylic acids is 1. The number of aliphatic imine (C=N–C) groups is 1. The molecule has 33 heavy (non-hydrogen) atoms. The van der Waals surface area contributed by atoms with E-state index >= 15 is 0 Å². The van der Waals surface area contributed by atoms with Crippen molar-refractivity contribution in [2.75, 3.05) is 7.11 Å². The fourth-order valence-electron chi connectivity index (χ4n) is 2.97. The lowest BCUT2D eigenvalue weighted by Crippen LogP contribution is -2.19. The Hall–Kier alpha value is -3.56. The molecule has 3 aromatic carbocycles. The molecule has 0 aliphatic carbocycles. The Morgan fingerprint density at radius 3 is 2.39 bits per heavy atom. The molecular formula is C24H20N2O5S2. The van der Waals surface area contributed by atoms with Crippen LogP contribution in [-0.4, -0.2) is 26.6 Å². The quantitative estimate of drug-likeness (QED) is 0.407. The number of nitrogens with zero attached hydrogens (tertiary/aromatic N) is 1. The second kappa shape index (κ2) is 9.51. The molecule has 1 amide bonds. The van der Waals surface area contributed by atoms with Crippen LogP contribution in [0.25, 0.3) is 6.08 Å². The van der Waals surface area contributed by atoms with Crippen molar-refractivity contribution in [1.29, 1.82) is 0 Å². The number of para-hydroxylation sites is 1. The number of nitrogens with one attached hydrogen (secondary N) is 1. The van der Waals surface area contributed by atoms with Crippen LogP contribution < -0.4 is 14.2 Å². The molecule has 4 rings (SSSR count). The first-order valence-corrected chi connectivity index (χ1v) is 12.1. The molecule has 0 spiro atoms. The molecule has 1 aliphatic rings. The van der Waals surface area contributed by atoms with Crippen molar-refractivity contribution in [3.63, 3.8) is 0 Å². The Kier molecular flexibility index (Phi) is 6.52. The minimum atomic E-state index is -4.02. The minimum Gasteiger partial charge on any atom is -0.493 e. The molecule has 9 heteroatoms. The zero-order valence-corrected chi connectivity index (χ0v) is 19.4. The fourth-order valence-corrected chi connectivity index (χ4v) is 4.75. The summed E-state index contributed by atoms with van der Waals surface area (Å²) in [5, 5.41) is 3.22. The third-order valence-electron chi connectivity index (χ3n) is 4.63. The normalized spacial score (nSPS) is 16.1. The first kappa shape index (κ1) is 22.6. The smallest absolute Gasteiger partial charge is 0.339 e. The molecule has 1 fully saturated rings. The van der Waals surface area contributed by atoms with Crippen molar-refractivity contribution in [2.45, 2.75) is 11.8 Å². The third kappa shape index (κ3) is 5.44. The van der Waals surface area contributed by atoms with Crippen molar-refractivity contribution in [1.82, 2.24) is 5.32 Å². The molecule has 0 radical (unpaired) electrons. The second-order valence-corrected chi connectivity index (χ2v) is 9.66. The molecule has 1 aliphatic heterocycles. The Morgan fingerprint density at radius 2 is 1.70 bits per heavy atom. The SMILES string of the molecule is COc1cc(/C=C2/SC(=Nc3ccccc3)NC2=O)ccc1OS(=O)(=O)c1ccc(C)cc1. The summed E-state index contributed by atoms with van der Waals surface area (Å²) in [7, 11) is -2.61. The van der Waals surface area contributed by atoms with Gasteiger partial charge in [0, 0.05) is 0 Å². The number of hydrogen-bond donors (Lipinski definition) is 1. The van der Waals surface area contributed by atoms with Crippen LogP contribution in [0.15, 0.2) is 87.6 Å². The van der Waals surface area contributed by atoms with E-state index in [9.17, 15) is 13.2 Å². The summed E-state index contributed by atoms with van der Waals surface area (Å²) in [6.45, 7) is 1.87. The van der Waals surface area contributed by atoms with E-state index in [4.69, 9.17) is 8.92 Å². The Labute approximate surface area is 196 Å². The third-order valence-corrected chi connectivity index (χ3v) is 6.79. The van der Waals surface area contributed by atoms with E-state index in [-0.39, 0.29) is 22.3 Å². The maximum Gasteiger partial charge on any atom is 0.339 e. The maximum atomic E-state index is 12.6. The standard InChI is InChI=1S/C24H20N2O5S2/c1-16-8-11-19(12-9-16)33(28,29)31-20-13-10-17(14-21(20)30-2)15-22-23(27)26-24(32-22)25-18-6-4-3-5-7-18/h3-15H,1-2H3,(H,25,26,27)/b22-15+. The van der Waals surface area contributed by atoms with E-state index in [0.717, 1.165) is 11.3 Å². The number of rotatable bonds is 6. The van der Waals surface area contributed by atoms with Crippen LogP contribution in [0, 0.1) is 6.92 Å². The van der Waals surface area contributed by atoms with Crippen LogP contribution in [0.4, 0.5) is 5.69 Å². The summed E-state index contributed by atoms with van der Waals surface area (Å²) in [5.41, 5.74) is 2.32. The molecule has 0 aromatic heterocycles. The molecule has 0 unspecified atom stereocenters. The van der Waals surface area contributed by atoms with Gasteiger partial charge in [-0.2, -0.15) is 8.42 Å². The second-order valence-electron chi connectivity index (χ2n) is 7.08. The molecule has 1 saturated heterocycles. The lowest BCUT2D eigenvalue weighted by molar-refractivity contribution is -0.115. The summed E-state index contributed by atoms with van der Waals surface area (Å²) in [6, 6.07) is 20.4. The Bertz CT molecular complexity index is 1350. The molecule has 0 atom stereocenters. The van der Waals surface area contributed by atoms with Gasteiger partial charge in [0.15, 0.2) is 16.7 Å². The van der Waals surface area contributed by atoms with E-state index < -0.39 is 10.1 Å². The highest BCUT2D eigenvalue weighted by Gasteiger charge is 2.24. The molecule has 3 aromatic rings. The van der Waals surface area contributed by atoms with Crippen LogP contribution in [-0.2, 0) is 14.9 Å². The molecular weight excluding hydrogens is 460 g/mol. The molecule has 1 heterocycles. The van der Waals surface area contributed by atoms with Crippen LogP contribution in [0.3, 0.4) is 0 Å². The monoisotopic (exact) mass is 480 g/mol. The largest absolute Gasteiger partial charge is 0.493 e. The Balaban J connectivity index is 1.55. The number of ether oxygens (including phenoxy) is 1. The zero-order chi connectivity index (χ0) is 23.4. The number of methoxy groups -OCH3 is 1. The average Bonchev–Trinajstić information content (AvgIpc) is 3.14. The van der Waals surface area contributed by atoms with E-state index in [0.29, 0.717) is 15.6 Å². The highest BCUT2D eigenvalue weighted by molar-refractivity contribution is 8.18. The van der Waals surface area contributed by atoms with Crippen LogP contribution in [0.2, 0.25) is 0 Å². The van der Waals surface area contributed by atoms with Gasteiger partial charge < -0.3 is 14.2 Å². The first-order valence-electron chi connectivity index (χ1n) is 9.88. The number of carbonyl (C=O) groups is 1. The van der Waals surface area contributed by atoms with Crippen molar-refractivity contribution in [2.24, 2.45) is 4.99 Å². The average molecular weight is 481 g/mol. The summed E-state index contributed by atoms with van der Waals surface area (Å²) in [4.78, 5) is 17.3. The van der Waals surface area contributed by atoms with Crippen molar-refractivity contribution < 1.29 is 22.1 Å². The molecule has 7 nitrogen and oxygen atoms in total. The number of amides is 1. The van der Waals surface area contributed by atoms with Gasteiger partial charge in [-0.3, -0.25) is 4.79 Å². The van der Waals surface area contributed by atoms with Gasteiger partial charge in [0.1, 0.15) is 4.90 Å². The van der Waals surface area contributed by atoms with Gasteiger partial charge in [0.2, 0.25) is 0 Å². The summed E-state index contributed by atoms with van der Waals surface area (Å²) in [6.07, 6.45) is 1.67. The number of thioether (sulfide) groups is 1. The van der Waals surface area contributed by atoms with Crippen LogP contribution >= 0.6 is 11.8 Å². The van der Waals surface area contributed by atoms with Gasteiger partial charge in [0.05, 0.1) is 17.7 Å². The topological polar surface area (TPSA) is 94.1 Å². The Morgan fingerprint density at radius 1 is 0.970 bits per heavy atom.